The molecule has 2 bridgehead atoms. The van der Waals surface area contributed by atoms with Crippen molar-refractivity contribution in [3.8, 4) is 0 Å². The van der Waals surface area contributed by atoms with Crippen molar-refractivity contribution in [1.29, 1.82) is 0 Å². The van der Waals surface area contributed by atoms with E-state index in [4.69, 9.17) is 66.1 Å². The molecule has 0 aromatic heterocycles. The van der Waals surface area contributed by atoms with E-state index in [1.807, 2.05) is 0 Å². The molecule has 3 rings (SSSR count). The van der Waals surface area contributed by atoms with Gasteiger partial charge in [-0.2, -0.15) is 0 Å². The van der Waals surface area contributed by atoms with Gasteiger partial charge in [0.2, 0.25) is 0 Å². The van der Waals surface area contributed by atoms with Gasteiger partial charge < -0.3 is 28.4 Å². The summed E-state index contributed by atoms with van der Waals surface area (Å²) in [4.78, 5) is 4.62. The van der Waals surface area contributed by atoms with Crippen LogP contribution in [0.3, 0.4) is 0 Å². The summed E-state index contributed by atoms with van der Waals surface area (Å²) in [5.41, 5.74) is 0. The molecule has 3 heterocycles. The molecule has 0 atom stereocenters. The van der Waals surface area contributed by atoms with Crippen molar-refractivity contribution >= 4 is 37.7 Å². The van der Waals surface area contributed by atoms with Gasteiger partial charge in [-0.3, -0.25) is 9.80 Å². The van der Waals surface area contributed by atoms with E-state index < -0.39 is 11.9 Å². The summed E-state index contributed by atoms with van der Waals surface area (Å²) in [7, 11) is 20.0. The molecule has 194 valence electrons. The van der Waals surface area contributed by atoms with Gasteiger partial charge in [-0.15, -0.1) is 0 Å². The maximum atomic E-state index is 5.70. The van der Waals surface area contributed by atoms with E-state index in [0.29, 0.717) is 79.3 Å². The zero-order chi connectivity index (χ0) is 22.6. The molecular weight excluding hydrogens is 677 g/mol. The summed E-state index contributed by atoms with van der Waals surface area (Å²) in [5.74, 6) is 0. The van der Waals surface area contributed by atoms with E-state index >= 15 is 0 Å². The van der Waals surface area contributed by atoms with Crippen molar-refractivity contribution in [2.45, 2.75) is 0 Å². The third kappa shape index (κ3) is 23.1. The second-order valence-electron chi connectivity index (χ2n) is 6.63. The number of nitrogens with zero attached hydrogens (tertiary/aromatic N) is 2. The molecule has 13 heteroatoms. The van der Waals surface area contributed by atoms with E-state index in [-0.39, 0.29) is 0 Å². The van der Waals surface area contributed by atoms with Crippen LogP contribution < -0.4 is 0 Å². The standard InChI is InChI=1S/C18H36N2O6.4ClH.Pt/c1-7-21-13-14-24-10-4-20-5-11-25-17-15-22-8-2-19(1)3-9-23-16-18-26-12-6-20;;;;;/h1-18H2;4*1H;/q;;;;;+2/p-4. The number of hydrogen-bond acceptors (Lipinski definition) is 8. The molecule has 3 saturated heterocycles. The molecule has 0 saturated carbocycles. The van der Waals surface area contributed by atoms with Crippen LogP contribution in [0, 0.1) is 0 Å². The van der Waals surface area contributed by atoms with Crippen molar-refractivity contribution in [2.75, 3.05) is 119 Å². The fourth-order valence-corrected chi connectivity index (χ4v) is 2.80. The van der Waals surface area contributed by atoms with Crippen molar-refractivity contribution in [3.63, 3.8) is 0 Å². The van der Waals surface area contributed by atoms with Crippen LogP contribution in [0.1, 0.15) is 0 Å². The first-order chi connectivity index (χ1) is 14.9. The van der Waals surface area contributed by atoms with Crippen LogP contribution in [0.25, 0.3) is 0 Å². The minimum absolute atomic E-state index is 0.632. The number of hydrogen-bond donors (Lipinski definition) is 0. The summed E-state index contributed by atoms with van der Waals surface area (Å²) in [5, 5.41) is 0. The Labute approximate surface area is 205 Å². The average Bonchev–Trinajstić information content (AvgIpc) is 2.70. The average molecular weight is 713 g/mol. The van der Waals surface area contributed by atoms with Crippen LogP contribution in [0.15, 0.2) is 0 Å². The molecule has 8 nitrogen and oxygen atoms in total. The van der Waals surface area contributed by atoms with Crippen molar-refractivity contribution in [3.05, 3.63) is 0 Å². The third-order valence-corrected chi connectivity index (χ3v) is 4.43. The fraction of sp³-hybridized carbons (Fsp3) is 1.00. The van der Waals surface area contributed by atoms with Crippen LogP contribution in [-0.4, -0.2) is 128 Å². The predicted molar refractivity (Wildman–Crippen MR) is 121 cm³/mol. The molecular formula is C18H36Cl4N2O6Pt-2. The molecule has 0 radical (unpaired) electrons. The topological polar surface area (TPSA) is 61.9 Å². The Balaban J connectivity index is 0.000000861. The van der Waals surface area contributed by atoms with Crippen LogP contribution in [0.4, 0.5) is 0 Å². The molecule has 0 aromatic carbocycles. The van der Waals surface area contributed by atoms with E-state index in [1.54, 1.807) is 0 Å². The van der Waals surface area contributed by atoms with Crippen LogP contribution in [0.5, 0.6) is 0 Å². The van der Waals surface area contributed by atoms with Gasteiger partial charge in [-0.05, 0) is 0 Å². The first-order valence-corrected chi connectivity index (χ1v) is 21.6. The van der Waals surface area contributed by atoms with Crippen molar-refractivity contribution in [1.82, 2.24) is 9.80 Å². The summed E-state index contributed by atoms with van der Waals surface area (Å²) in [6.45, 7) is 13.2. The number of halogens is 4. The quantitative estimate of drug-likeness (QED) is 0.380. The fourth-order valence-electron chi connectivity index (χ4n) is 2.80. The van der Waals surface area contributed by atoms with E-state index in [9.17, 15) is 0 Å². The molecule has 0 aromatic rings. The van der Waals surface area contributed by atoms with Gasteiger partial charge in [-0.25, -0.2) is 0 Å². The van der Waals surface area contributed by atoms with Gasteiger partial charge >= 0.3 is 49.6 Å². The molecule has 3 aliphatic heterocycles. The molecule has 31 heavy (non-hydrogen) atoms. The molecule has 3 fully saturated rings. The van der Waals surface area contributed by atoms with Gasteiger partial charge in [0, 0.05) is 39.3 Å². The third-order valence-electron chi connectivity index (χ3n) is 4.43. The van der Waals surface area contributed by atoms with E-state index in [0.717, 1.165) is 39.3 Å². The van der Waals surface area contributed by atoms with Gasteiger partial charge in [0.1, 0.15) is 0 Å². The van der Waals surface area contributed by atoms with E-state index in [1.165, 1.54) is 0 Å². The van der Waals surface area contributed by atoms with Crippen LogP contribution >= 0.6 is 37.7 Å². The zero-order valence-electron chi connectivity index (χ0n) is 17.9. The molecule has 0 unspecified atom stereocenters. The van der Waals surface area contributed by atoms with Gasteiger partial charge in [0.05, 0.1) is 79.3 Å². The van der Waals surface area contributed by atoms with Crippen LogP contribution in [0.2, 0.25) is 0 Å². The Morgan fingerprint density at radius 2 is 0.516 bits per heavy atom. The van der Waals surface area contributed by atoms with Gasteiger partial charge in [0.25, 0.3) is 0 Å². The first-order valence-electron chi connectivity index (χ1n) is 10.3. The SMILES string of the molecule is C1COCCN2CCOCCOCCN(CCO1)CCOCCOCC2.[Cl][Pt-2]([Cl])([Cl])[Cl]. The Kier molecular flexibility index (Phi) is 20.6. The normalized spacial score (nSPS) is 28.0. The van der Waals surface area contributed by atoms with Crippen molar-refractivity contribution < 1.29 is 40.3 Å². The molecule has 3 aliphatic rings. The zero-order valence-corrected chi connectivity index (χ0v) is 23.2. The Bertz CT molecular complexity index is 332. The van der Waals surface area contributed by atoms with Gasteiger partial charge in [0.15, 0.2) is 0 Å². The Morgan fingerprint density at radius 1 is 0.355 bits per heavy atom. The van der Waals surface area contributed by atoms with Gasteiger partial charge in [-0.1, -0.05) is 0 Å². The molecule has 0 aliphatic carbocycles. The molecule has 0 spiro atoms. The number of fused-ring (bicyclic) bond motifs is 21. The summed E-state index contributed by atoms with van der Waals surface area (Å²) >= 11 is -3.06. The van der Waals surface area contributed by atoms with E-state index in [2.05, 4.69) is 9.80 Å². The monoisotopic (exact) mass is 711 g/mol. The predicted octanol–water partition coefficient (Wildman–Crippen LogP) is 2.47. The summed E-state index contributed by atoms with van der Waals surface area (Å²) < 4.78 is 34.2. The Morgan fingerprint density at radius 3 is 0.677 bits per heavy atom. The number of ether oxygens (including phenoxy) is 6. The summed E-state index contributed by atoms with van der Waals surface area (Å²) in [6.07, 6.45) is 0. The second kappa shape index (κ2) is 20.9. The first kappa shape index (κ1) is 30.6. The Hall–Kier alpha value is 1.53. The minimum atomic E-state index is -3.06. The molecule has 0 N–H and O–H groups in total. The van der Waals surface area contributed by atoms with Crippen molar-refractivity contribution in [2.24, 2.45) is 0 Å². The summed E-state index contributed by atoms with van der Waals surface area (Å²) in [6, 6.07) is 0. The second-order valence-corrected chi connectivity index (χ2v) is 26.3. The van der Waals surface area contributed by atoms with Crippen LogP contribution in [-0.2, 0) is 40.3 Å². The molecule has 0 amide bonds. The number of rotatable bonds is 0. The maximum absolute atomic E-state index is 5.70.